The second kappa shape index (κ2) is 4.19. The van der Waals surface area contributed by atoms with Crippen molar-refractivity contribution in [2.45, 2.75) is 49.7 Å². The third-order valence-corrected chi connectivity index (χ3v) is 5.12. The van der Waals surface area contributed by atoms with Gasteiger partial charge in [-0.1, -0.05) is 43.5 Å². The zero-order valence-corrected chi connectivity index (χ0v) is 12.5. The number of rotatable bonds is 1. The SMILES string of the molecule is CC1(C)CCCC(C)(C(Cl)(Cl)Br)C(=O)C1. The van der Waals surface area contributed by atoms with E-state index in [2.05, 4.69) is 29.8 Å². The van der Waals surface area contributed by atoms with Crippen molar-refractivity contribution < 1.29 is 4.79 Å². The van der Waals surface area contributed by atoms with Gasteiger partial charge in [0.05, 0.1) is 5.41 Å². The van der Waals surface area contributed by atoms with Gasteiger partial charge in [0.25, 0.3) is 0 Å². The molecule has 0 spiro atoms. The van der Waals surface area contributed by atoms with Crippen LogP contribution >= 0.6 is 39.1 Å². The molecule has 4 heteroatoms. The fourth-order valence-electron chi connectivity index (χ4n) is 2.08. The molecule has 0 heterocycles. The van der Waals surface area contributed by atoms with Crippen LogP contribution in [0.15, 0.2) is 0 Å². The Labute approximate surface area is 110 Å². The summed E-state index contributed by atoms with van der Waals surface area (Å²) in [4.78, 5) is 12.2. The Kier molecular flexibility index (Phi) is 3.86. The first kappa shape index (κ1) is 13.8. The molecule has 0 amide bonds. The Morgan fingerprint density at radius 1 is 1.27 bits per heavy atom. The Balaban J connectivity index is 2.98. The monoisotopic (exact) mass is 314 g/mol. The summed E-state index contributed by atoms with van der Waals surface area (Å²) in [6, 6.07) is 0. The van der Waals surface area contributed by atoms with Crippen LogP contribution in [-0.4, -0.2) is 9.03 Å². The van der Waals surface area contributed by atoms with Crippen LogP contribution in [0, 0.1) is 10.8 Å². The van der Waals surface area contributed by atoms with Crippen molar-refractivity contribution in [1.29, 1.82) is 0 Å². The minimum Gasteiger partial charge on any atom is -0.299 e. The molecule has 0 aromatic carbocycles. The lowest BCUT2D eigenvalue weighted by molar-refractivity contribution is -0.128. The maximum Gasteiger partial charge on any atom is 0.184 e. The van der Waals surface area contributed by atoms with E-state index in [4.69, 9.17) is 23.2 Å². The van der Waals surface area contributed by atoms with Gasteiger partial charge in [-0.15, -0.1) is 0 Å². The first-order chi connectivity index (χ1) is 6.58. The van der Waals surface area contributed by atoms with E-state index in [0.29, 0.717) is 6.42 Å². The molecule has 0 aromatic heterocycles. The van der Waals surface area contributed by atoms with Crippen molar-refractivity contribution in [1.82, 2.24) is 0 Å². The van der Waals surface area contributed by atoms with Crippen LogP contribution in [0.5, 0.6) is 0 Å². The lowest BCUT2D eigenvalue weighted by Crippen LogP contribution is -2.40. The molecule has 1 nitrogen and oxygen atoms in total. The van der Waals surface area contributed by atoms with Crippen molar-refractivity contribution in [2.24, 2.45) is 10.8 Å². The van der Waals surface area contributed by atoms with E-state index < -0.39 is 8.66 Å². The Hall–Kier alpha value is 0.730. The summed E-state index contributed by atoms with van der Waals surface area (Å²) < 4.78 is -1.16. The van der Waals surface area contributed by atoms with Crippen LogP contribution < -0.4 is 0 Å². The van der Waals surface area contributed by atoms with Crippen LogP contribution in [0.4, 0.5) is 0 Å². The molecule has 1 aliphatic carbocycles. The zero-order valence-electron chi connectivity index (χ0n) is 9.37. The maximum atomic E-state index is 12.2. The number of carbonyl (C=O) groups is 1. The standard InChI is InChI=1S/C11H17BrCl2O/c1-9(2)5-4-6-10(3,8(15)7-9)11(12,13)14/h4-7H2,1-3H3. The van der Waals surface area contributed by atoms with Gasteiger partial charge < -0.3 is 0 Å². The minimum atomic E-state index is -1.16. The highest BCUT2D eigenvalue weighted by Crippen LogP contribution is 2.53. The molecule has 0 aliphatic heterocycles. The second-order valence-electron chi connectivity index (χ2n) is 5.45. The predicted octanol–water partition coefficient (Wildman–Crippen LogP) is 4.69. The molecule has 1 atom stereocenters. The van der Waals surface area contributed by atoms with E-state index in [1.54, 1.807) is 0 Å². The third kappa shape index (κ3) is 2.89. The van der Waals surface area contributed by atoms with Gasteiger partial charge in [0.15, 0.2) is 3.24 Å². The van der Waals surface area contributed by atoms with Crippen LogP contribution in [0.3, 0.4) is 0 Å². The summed E-state index contributed by atoms with van der Waals surface area (Å²) in [5.74, 6) is 0.159. The van der Waals surface area contributed by atoms with E-state index in [0.717, 1.165) is 19.3 Å². The van der Waals surface area contributed by atoms with Crippen LogP contribution in [-0.2, 0) is 4.79 Å². The molecule has 1 fully saturated rings. The van der Waals surface area contributed by atoms with Crippen molar-refractivity contribution in [3.63, 3.8) is 0 Å². The minimum absolute atomic E-state index is 0.0703. The maximum absolute atomic E-state index is 12.2. The fraction of sp³-hybridized carbons (Fsp3) is 0.909. The molecule has 1 aliphatic rings. The zero-order chi connectivity index (χ0) is 11.9. The predicted molar refractivity (Wildman–Crippen MR) is 68.7 cm³/mol. The normalized spacial score (nSPS) is 32.5. The highest BCUT2D eigenvalue weighted by Gasteiger charge is 2.51. The van der Waals surface area contributed by atoms with E-state index in [1.165, 1.54) is 0 Å². The molecule has 0 saturated heterocycles. The first-order valence-corrected chi connectivity index (χ1v) is 6.73. The van der Waals surface area contributed by atoms with Gasteiger partial charge in [0.1, 0.15) is 5.78 Å². The summed E-state index contributed by atoms with van der Waals surface area (Å²) in [5, 5.41) is 0. The number of halogens is 3. The number of carbonyl (C=O) groups excluding carboxylic acids is 1. The summed E-state index contributed by atoms with van der Waals surface area (Å²) in [7, 11) is 0. The van der Waals surface area contributed by atoms with E-state index in [1.807, 2.05) is 6.92 Å². The lowest BCUT2D eigenvalue weighted by atomic mass is 9.80. The molecule has 88 valence electrons. The van der Waals surface area contributed by atoms with Crippen molar-refractivity contribution in [3.05, 3.63) is 0 Å². The average molecular weight is 316 g/mol. The van der Waals surface area contributed by atoms with Crippen molar-refractivity contribution in [2.75, 3.05) is 0 Å². The first-order valence-electron chi connectivity index (χ1n) is 5.19. The number of ketones is 1. The summed E-state index contributed by atoms with van der Waals surface area (Å²) in [5.41, 5.74) is -0.606. The molecule has 15 heavy (non-hydrogen) atoms. The van der Waals surface area contributed by atoms with Gasteiger partial charge in [-0.3, -0.25) is 4.79 Å². The smallest absolute Gasteiger partial charge is 0.184 e. The average Bonchev–Trinajstić information content (AvgIpc) is 2.08. The number of Topliss-reactive ketones (excluding diaryl/α,β-unsaturated/α-hetero) is 1. The van der Waals surface area contributed by atoms with Crippen molar-refractivity contribution in [3.8, 4) is 0 Å². The van der Waals surface area contributed by atoms with Crippen LogP contribution in [0.1, 0.15) is 46.5 Å². The molecule has 1 rings (SSSR count). The van der Waals surface area contributed by atoms with Gasteiger partial charge in [-0.2, -0.15) is 0 Å². The number of hydrogen-bond donors (Lipinski definition) is 0. The van der Waals surface area contributed by atoms with Crippen molar-refractivity contribution >= 4 is 44.9 Å². The summed E-state index contributed by atoms with van der Waals surface area (Å²) >= 11 is 15.4. The molecule has 0 N–H and O–H groups in total. The highest BCUT2D eigenvalue weighted by molar-refractivity contribution is 9.11. The molecule has 0 aromatic rings. The van der Waals surface area contributed by atoms with Gasteiger partial charge in [0.2, 0.25) is 0 Å². The number of hydrogen-bond acceptors (Lipinski definition) is 1. The Morgan fingerprint density at radius 3 is 2.27 bits per heavy atom. The quantitative estimate of drug-likeness (QED) is 0.507. The molecular weight excluding hydrogens is 299 g/mol. The fourth-order valence-corrected chi connectivity index (χ4v) is 2.90. The molecule has 0 bridgehead atoms. The summed E-state index contributed by atoms with van der Waals surface area (Å²) in [6.07, 6.45) is 3.33. The van der Waals surface area contributed by atoms with Gasteiger partial charge in [-0.05, 0) is 41.1 Å². The lowest BCUT2D eigenvalue weighted by Gasteiger charge is -2.34. The van der Waals surface area contributed by atoms with Gasteiger partial charge in [-0.25, -0.2) is 0 Å². The second-order valence-corrected chi connectivity index (χ2v) is 8.88. The van der Waals surface area contributed by atoms with E-state index >= 15 is 0 Å². The van der Waals surface area contributed by atoms with Gasteiger partial charge in [0, 0.05) is 6.42 Å². The Morgan fingerprint density at radius 2 is 1.80 bits per heavy atom. The molecule has 0 radical (unpaired) electrons. The largest absolute Gasteiger partial charge is 0.299 e. The Bertz CT molecular complexity index is 270. The van der Waals surface area contributed by atoms with E-state index in [-0.39, 0.29) is 11.2 Å². The number of alkyl halides is 3. The van der Waals surface area contributed by atoms with Crippen LogP contribution in [0.2, 0.25) is 0 Å². The molecule has 1 saturated carbocycles. The molecular formula is C11H17BrCl2O. The third-order valence-electron chi connectivity index (χ3n) is 3.41. The van der Waals surface area contributed by atoms with E-state index in [9.17, 15) is 4.79 Å². The highest BCUT2D eigenvalue weighted by atomic mass is 79.9. The summed E-state index contributed by atoms with van der Waals surface area (Å²) in [6.45, 7) is 6.09. The van der Waals surface area contributed by atoms with Crippen LogP contribution in [0.25, 0.3) is 0 Å². The topological polar surface area (TPSA) is 17.1 Å². The van der Waals surface area contributed by atoms with Gasteiger partial charge >= 0.3 is 0 Å². The molecule has 1 unspecified atom stereocenters.